The molecule has 0 aliphatic rings. The molecular weight excluding hydrogens is 293 g/mol. The number of sulfonamides is 1. The van der Waals surface area contributed by atoms with Crippen molar-refractivity contribution in [3.05, 3.63) is 29.3 Å². The molecule has 0 amide bonds. The van der Waals surface area contributed by atoms with E-state index in [1.165, 1.54) is 10.4 Å². The second-order valence-corrected chi connectivity index (χ2v) is 6.57. The molecule has 0 unspecified atom stereocenters. The summed E-state index contributed by atoms with van der Waals surface area (Å²) in [6.07, 6.45) is 1.73. The van der Waals surface area contributed by atoms with E-state index in [9.17, 15) is 8.42 Å². The van der Waals surface area contributed by atoms with Crippen LogP contribution in [-0.2, 0) is 10.0 Å². The summed E-state index contributed by atoms with van der Waals surface area (Å²) in [5.74, 6) is 0.271. The zero-order chi connectivity index (χ0) is 13.6. The smallest absolute Gasteiger partial charge is 0.207 e. The highest BCUT2D eigenvalue weighted by Crippen LogP contribution is 2.24. The summed E-state index contributed by atoms with van der Waals surface area (Å²) in [5, 5.41) is 0.244. The number of halogens is 2. The Hall–Kier alpha value is -0.290. The van der Waals surface area contributed by atoms with Crippen molar-refractivity contribution in [3.8, 4) is 0 Å². The molecule has 0 aliphatic heterocycles. The Bertz CT molecular complexity index is 477. The van der Waals surface area contributed by atoms with E-state index in [0.717, 1.165) is 12.8 Å². The van der Waals surface area contributed by atoms with Crippen molar-refractivity contribution in [2.24, 2.45) is 0 Å². The summed E-state index contributed by atoms with van der Waals surface area (Å²) in [6, 6.07) is 6.47. The number of alkyl halides is 1. The summed E-state index contributed by atoms with van der Waals surface area (Å²) < 4.78 is 26.3. The number of benzene rings is 1. The summed E-state index contributed by atoms with van der Waals surface area (Å²) in [4.78, 5) is 0.146. The number of nitrogens with zero attached hydrogens (tertiary/aromatic N) is 1. The van der Waals surface area contributed by atoms with Crippen molar-refractivity contribution < 1.29 is 8.42 Å². The zero-order valence-corrected chi connectivity index (χ0v) is 12.6. The lowest BCUT2D eigenvalue weighted by atomic mass is 10.3. The van der Waals surface area contributed by atoms with E-state index in [1.807, 2.05) is 6.92 Å². The van der Waals surface area contributed by atoms with Gasteiger partial charge in [0.1, 0.15) is 4.90 Å². The van der Waals surface area contributed by atoms with E-state index in [2.05, 4.69) is 0 Å². The van der Waals surface area contributed by atoms with Crippen molar-refractivity contribution in [1.82, 2.24) is 4.31 Å². The zero-order valence-electron chi connectivity index (χ0n) is 10.3. The minimum atomic E-state index is -3.55. The van der Waals surface area contributed by atoms with Gasteiger partial charge in [0.2, 0.25) is 10.0 Å². The van der Waals surface area contributed by atoms with Crippen molar-refractivity contribution in [3.63, 3.8) is 0 Å². The molecule has 102 valence electrons. The first-order valence-electron chi connectivity index (χ1n) is 5.84. The highest BCUT2D eigenvalue weighted by Gasteiger charge is 2.25. The lowest BCUT2D eigenvalue weighted by Gasteiger charge is -2.21. The highest BCUT2D eigenvalue weighted by molar-refractivity contribution is 7.89. The van der Waals surface area contributed by atoms with Crippen LogP contribution in [0.3, 0.4) is 0 Å². The minimum Gasteiger partial charge on any atom is -0.207 e. The molecule has 18 heavy (non-hydrogen) atoms. The number of unbranched alkanes of at least 4 members (excludes halogenated alkanes) is 1. The van der Waals surface area contributed by atoms with Crippen molar-refractivity contribution in [2.45, 2.75) is 24.7 Å². The van der Waals surface area contributed by atoms with Gasteiger partial charge in [-0.15, -0.1) is 11.6 Å². The van der Waals surface area contributed by atoms with Gasteiger partial charge in [-0.1, -0.05) is 37.1 Å². The summed E-state index contributed by atoms with van der Waals surface area (Å²) >= 11 is 11.6. The third kappa shape index (κ3) is 3.85. The molecule has 1 aromatic rings. The molecule has 0 saturated heterocycles. The molecular formula is C12H17Cl2NO2S. The summed E-state index contributed by atoms with van der Waals surface area (Å²) in [7, 11) is -3.55. The van der Waals surface area contributed by atoms with Gasteiger partial charge in [0.05, 0.1) is 5.02 Å². The Balaban J connectivity index is 3.05. The second-order valence-electron chi connectivity index (χ2n) is 3.88. The number of rotatable bonds is 7. The van der Waals surface area contributed by atoms with Crippen LogP contribution >= 0.6 is 23.2 Å². The third-order valence-corrected chi connectivity index (χ3v) is 5.12. The third-order valence-electron chi connectivity index (χ3n) is 2.55. The molecule has 6 heteroatoms. The molecule has 0 aliphatic carbocycles. The van der Waals surface area contributed by atoms with E-state index in [1.54, 1.807) is 18.2 Å². The molecule has 0 spiro atoms. The predicted octanol–water partition coefficient (Wildman–Crippen LogP) is 3.37. The minimum absolute atomic E-state index is 0.146. The average molecular weight is 310 g/mol. The van der Waals surface area contributed by atoms with Crippen LogP contribution in [0.4, 0.5) is 0 Å². The van der Waals surface area contributed by atoms with Crippen LogP contribution in [0.25, 0.3) is 0 Å². The number of hydrogen-bond donors (Lipinski definition) is 0. The summed E-state index contributed by atoms with van der Waals surface area (Å²) in [5.41, 5.74) is 0. The second kappa shape index (κ2) is 7.34. The van der Waals surface area contributed by atoms with E-state index < -0.39 is 10.0 Å². The molecule has 1 aromatic carbocycles. The van der Waals surface area contributed by atoms with Gasteiger partial charge in [-0.3, -0.25) is 0 Å². The average Bonchev–Trinajstić information content (AvgIpc) is 2.34. The van der Waals surface area contributed by atoms with Crippen molar-refractivity contribution in [2.75, 3.05) is 19.0 Å². The molecule has 0 aromatic heterocycles. The van der Waals surface area contributed by atoms with Gasteiger partial charge in [-0.05, 0) is 18.6 Å². The monoisotopic (exact) mass is 309 g/mol. The van der Waals surface area contributed by atoms with Gasteiger partial charge in [0.25, 0.3) is 0 Å². The van der Waals surface area contributed by atoms with Crippen LogP contribution < -0.4 is 0 Å². The Morgan fingerprint density at radius 1 is 1.22 bits per heavy atom. The molecule has 0 N–H and O–H groups in total. The van der Waals surface area contributed by atoms with Gasteiger partial charge in [-0.2, -0.15) is 4.31 Å². The lowest BCUT2D eigenvalue weighted by molar-refractivity contribution is 0.420. The van der Waals surface area contributed by atoms with Gasteiger partial charge in [0, 0.05) is 19.0 Å². The van der Waals surface area contributed by atoms with Crippen LogP contribution in [0.2, 0.25) is 5.02 Å². The van der Waals surface area contributed by atoms with Gasteiger partial charge in [0.15, 0.2) is 0 Å². The molecule has 0 heterocycles. The highest BCUT2D eigenvalue weighted by atomic mass is 35.5. The van der Waals surface area contributed by atoms with Crippen molar-refractivity contribution >= 4 is 33.2 Å². The quantitative estimate of drug-likeness (QED) is 0.724. The topological polar surface area (TPSA) is 37.4 Å². The summed E-state index contributed by atoms with van der Waals surface area (Å²) in [6.45, 7) is 2.78. The maximum atomic E-state index is 12.4. The Kier molecular flexibility index (Phi) is 6.43. The van der Waals surface area contributed by atoms with Crippen LogP contribution in [0, 0.1) is 0 Å². The molecule has 3 nitrogen and oxygen atoms in total. The van der Waals surface area contributed by atoms with Crippen LogP contribution in [-0.4, -0.2) is 31.7 Å². The van der Waals surface area contributed by atoms with Crippen LogP contribution in [0.15, 0.2) is 29.2 Å². The molecule has 1 rings (SSSR count). The maximum Gasteiger partial charge on any atom is 0.244 e. The van der Waals surface area contributed by atoms with Crippen LogP contribution in [0.1, 0.15) is 19.8 Å². The molecule has 0 radical (unpaired) electrons. The largest absolute Gasteiger partial charge is 0.244 e. The Morgan fingerprint density at radius 3 is 2.44 bits per heavy atom. The van der Waals surface area contributed by atoms with Gasteiger partial charge >= 0.3 is 0 Å². The van der Waals surface area contributed by atoms with Crippen molar-refractivity contribution in [1.29, 1.82) is 0 Å². The molecule has 0 saturated carbocycles. The Labute approximate surface area is 119 Å². The molecule has 0 atom stereocenters. The predicted molar refractivity (Wildman–Crippen MR) is 75.8 cm³/mol. The molecule has 0 bridgehead atoms. The maximum absolute atomic E-state index is 12.4. The van der Waals surface area contributed by atoms with Gasteiger partial charge < -0.3 is 0 Å². The van der Waals surface area contributed by atoms with E-state index in [0.29, 0.717) is 13.1 Å². The first-order valence-corrected chi connectivity index (χ1v) is 8.20. The lowest BCUT2D eigenvalue weighted by Crippen LogP contribution is -2.33. The first kappa shape index (κ1) is 15.8. The standard InChI is InChI=1S/C12H17Cl2NO2S/c1-2-3-9-15(10-8-13)18(16,17)12-7-5-4-6-11(12)14/h4-7H,2-3,8-10H2,1H3. The van der Waals surface area contributed by atoms with E-state index in [4.69, 9.17) is 23.2 Å². The first-order chi connectivity index (χ1) is 8.54. The fourth-order valence-corrected chi connectivity index (χ4v) is 3.85. The molecule has 0 fully saturated rings. The SMILES string of the molecule is CCCCN(CCCl)S(=O)(=O)c1ccccc1Cl. The van der Waals surface area contributed by atoms with E-state index >= 15 is 0 Å². The fraction of sp³-hybridized carbons (Fsp3) is 0.500. The fourth-order valence-electron chi connectivity index (χ4n) is 1.57. The van der Waals surface area contributed by atoms with Gasteiger partial charge in [-0.25, -0.2) is 8.42 Å². The number of hydrogen-bond acceptors (Lipinski definition) is 2. The van der Waals surface area contributed by atoms with Crippen LogP contribution in [0.5, 0.6) is 0 Å². The Morgan fingerprint density at radius 2 is 1.89 bits per heavy atom. The normalized spacial score (nSPS) is 12.0. The van der Waals surface area contributed by atoms with E-state index in [-0.39, 0.29) is 15.8 Å².